The highest BCUT2D eigenvalue weighted by Crippen LogP contribution is 2.32. The van der Waals surface area contributed by atoms with Gasteiger partial charge in [0.05, 0.1) is 5.56 Å². The summed E-state index contributed by atoms with van der Waals surface area (Å²) in [5.74, 6) is 0.707. The summed E-state index contributed by atoms with van der Waals surface area (Å²) in [6.07, 6.45) is 5.38. The van der Waals surface area contributed by atoms with Crippen LogP contribution in [0.1, 0.15) is 11.1 Å². The summed E-state index contributed by atoms with van der Waals surface area (Å²) in [5.41, 5.74) is 5.07. The van der Waals surface area contributed by atoms with E-state index in [1.54, 1.807) is 12.4 Å². The first-order chi connectivity index (χ1) is 14.2. The number of anilines is 1. The number of fused-ring (bicyclic) bond motifs is 2. The lowest BCUT2D eigenvalue weighted by atomic mass is 9.97. The molecule has 0 saturated heterocycles. The lowest BCUT2D eigenvalue weighted by molar-refractivity contribution is 1.10. The predicted octanol–water partition coefficient (Wildman–Crippen LogP) is 4.39. The van der Waals surface area contributed by atoms with Gasteiger partial charge in [-0.05, 0) is 48.4 Å². The second-order valence-corrected chi connectivity index (χ2v) is 7.00. The molecule has 0 fully saturated rings. The quantitative estimate of drug-likeness (QED) is 0.431. The molecule has 0 unspecified atom stereocenters. The monoisotopic (exact) mass is 381 g/mol. The Morgan fingerprint density at radius 3 is 2.72 bits per heavy atom. The molecule has 29 heavy (non-hydrogen) atoms. The molecular formula is C23H19N5O. The van der Waals surface area contributed by atoms with E-state index in [-0.39, 0.29) is 5.56 Å². The molecule has 0 spiro atoms. The number of aromatic amines is 2. The zero-order valence-electron chi connectivity index (χ0n) is 15.9. The molecule has 6 heteroatoms. The van der Waals surface area contributed by atoms with Crippen molar-refractivity contribution in [1.82, 2.24) is 19.9 Å². The Hall–Kier alpha value is -3.93. The van der Waals surface area contributed by atoms with Gasteiger partial charge >= 0.3 is 0 Å². The van der Waals surface area contributed by atoms with Gasteiger partial charge < -0.3 is 15.3 Å². The van der Waals surface area contributed by atoms with E-state index in [0.29, 0.717) is 17.9 Å². The van der Waals surface area contributed by atoms with Crippen LogP contribution in [0.3, 0.4) is 0 Å². The Kier molecular flexibility index (Phi) is 4.09. The van der Waals surface area contributed by atoms with Gasteiger partial charge in [-0.1, -0.05) is 18.2 Å². The fraction of sp³-hybridized carbons (Fsp3) is 0.0870. The zero-order valence-corrected chi connectivity index (χ0v) is 15.9. The van der Waals surface area contributed by atoms with E-state index in [9.17, 15) is 4.79 Å². The first kappa shape index (κ1) is 17.2. The van der Waals surface area contributed by atoms with E-state index in [1.165, 1.54) is 0 Å². The molecular weight excluding hydrogens is 362 g/mol. The number of hydrogen-bond donors (Lipinski definition) is 3. The number of para-hydroxylation sites is 1. The second-order valence-electron chi connectivity index (χ2n) is 7.00. The summed E-state index contributed by atoms with van der Waals surface area (Å²) >= 11 is 0. The van der Waals surface area contributed by atoms with Gasteiger partial charge in [-0.3, -0.25) is 9.78 Å². The topological polar surface area (TPSA) is 86.5 Å². The molecule has 1 aromatic carbocycles. The molecule has 3 N–H and O–H groups in total. The van der Waals surface area contributed by atoms with Crippen molar-refractivity contribution < 1.29 is 0 Å². The highest BCUT2D eigenvalue weighted by molar-refractivity contribution is 5.98. The summed E-state index contributed by atoms with van der Waals surface area (Å²) in [4.78, 5) is 27.9. The number of benzene rings is 1. The van der Waals surface area contributed by atoms with E-state index in [1.807, 2.05) is 61.7 Å². The summed E-state index contributed by atoms with van der Waals surface area (Å²) in [7, 11) is 0. The molecule has 0 bridgehead atoms. The largest absolute Gasteiger partial charge is 0.366 e. The number of pyridine rings is 3. The molecule has 6 nitrogen and oxygen atoms in total. The number of hydrogen-bond acceptors (Lipinski definition) is 4. The molecule has 0 aliphatic heterocycles. The standard InChI is InChI=1S/C23H19N5O/c1-14-16-4-2-3-5-19(16)27-23(29)21(14)18-12-20(28-22-17(18)8-11-25-22)26-13-15-6-9-24-10-7-15/h2-12H,13H2,1H3,(H,27,29)(H2,25,26,28). The molecule has 5 rings (SSSR count). The third-order valence-corrected chi connectivity index (χ3v) is 5.20. The maximum atomic E-state index is 13.0. The Morgan fingerprint density at radius 2 is 1.86 bits per heavy atom. The van der Waals surface area contributed by atoms with E-state index in [0.717, 1.165) is 38.6 Å². The van der Waals surface area contributed by atoms with Crippen LogP contribution in [0.15, 0.2) is 71.9 Å². The van der Waals surface area contributed by atoms with Gasteiger partial charge in [0.2, 0.25) is 0 Å². The normalized spacial score (nSPS) is 11.2. The SMILES string of the molecule is Cc1c(-c2cc(NCc3ccncc3)nc3[nH]ccc23)c(=O)[nH]c2ccccc12. The molecule has 0 aliphatic carbocycles. The van der Waals surface area contributed by atoms with Crippen LogP contribution in [0.2, 0.25) is 0 Å². The highest BCUT2D eigenvalue weighted by atomic mass is 16.1. The van der Waals surface area contributed by atoms with Crippen molar-refractivity contribution in [2.24, 2.45) is 0 Å². The Balaban J connectivity index is 1.66. The van der Waals surface area contributed by atoms with Gasteiger partial charge in [0.1, 0.15) is 11.5 Å². The second kappa shape index (κ2) is 6.91. The number of aryl methyl sites for hydroxylation is 1. The fourth-order valence-electron chi connectivity index (χ4n) is 3.76. The van der Waals surface area contributed by atoms with Gasteiger partial charge in [-0.25, -0.2) is 4.98 Å². The van der Waals surface area contributed by atoms with Crippen molar-refractivity contribution in [1.29, 1.82) is 0 Å². The number of nitrogens with one attached hydrogen (secondary N) is 3. The van der Waals surface area contributed by atoms with Crippen molar-refractivity contribution in [3.63, 3.8) is 0 Å². The summed E-state index contributed by atoms with van der Waals surface area (Å²) in [6, 6.07) is 15.7. The van der Waals surface area contributed by atoms with E-state index < -0.39 is 0 Å². The van der Waals surface area contributed by atoms with Gasteiger partial charge in [0.25, 0.3) is 5.56 Å². The van der Waals surface area contributed by atoms with E-state index in [2.05, 4.69) is 25.3 Å². The van der Waals surface area contributed by atoms with Gasteiger partial charge in [0, 0.05) is 47.0 Å². The first-order valence-corrected chi connectivity index (χ1v) is 9.43. The third-order valence-electron chi connectivity index (χ3n) is 5.20. The molecule has 0 atom stereocenters. The maximum absolute atomic E-state index is 13.0. The summed E-state index contributed by atoms with van der Waals surface area (Å²) in [6.45, 7) is 2.62. The van der Waals surface area contributed by atoms with Crippen LogP contribution in [0.5, 0.6) is 0 Å². The predicted molar refractivity (Wildman–Crippen MR) is 116 cm³/mol. The molecule has 0 aliphatic rings. The van der Waals surface area contributed by atoms with Crippen LogP contribution >= 0.6 is 0 Å². The number of nitrogens with zero attached hydrogens (tertiary/aromatic N) is 2. The van der Waals surface area contributed by atoms with Crippen LogP contribution in [0, 0.1) is 6.92 Å². The fourth-order valence-corrected chi connectivity index (χ4v) is 3.76. The van der Waals surface area contributed by atoms with E-state index >= 15 is 0 Å². The minimum absolute atomic E-state index is 0.102. The van der Waals surface area contributed by atoms with Crippen molar-refractivity contribution in [2.75, 3.05) is 5.32 Å². The van der Waals surface area contributed by atoms with Crippen molar-refractivity contribution in [3.05, 3.63) is 88.6 Å². The zero-order chi connectivity index (χ0) is 19.8. The van der Waals surface area contributed by atoms with E-state index in [4.69, 9.17) is 0 Å². The van der Waals surface area contributed by atoms with Crippen molar-refractivity contribution in [3.8, 4) is 11.1 Å². The van der Waals surface area contributed by atoms with Gasteiger partial charge in [0.15, 0.2) is 0 Å². The van der Waals surface area contributed by atoms with Crippen molar-refractivity contribution >= 4 is 27.8 Å². The van der Waals surface area contributed by atoms with Crippen LogP contribution in [-0.4, -0.2) is 19.9 Å². The Bertz CT molecular complexity index is 1390. The molecule has 4 aromatic heterocycles. The highest BCUT2D eigenvalue weighted by Gasteiger charge is 2.16. The third kappa shape index (κ3) is 3.04. The smallest absolute Gasteiger partial charge is 0.256 e. The van der Waals surface area contributed by atoms with Crippen LogP contribution in [-0.2, 0) is 6.54 Å². The van der Waals surface area contributed by atoms with Crippen LogP contribution in [0.25, 0.3) is 33.1 Å². The molecule has 142 valence electrons. The number of rotatable bonds is 4. The summed E-state index contributed by atoms with van der Waals surface area (Å²) < 4.78 is 0. The Morgan fingerprint density at radius 1 is 1.03 bits per heavy atom. The lowest BCUT2D eigenvalue weighted by Gasteiger charge is -2.12. The number of aromatic nitrogens is 4. The molecule has 5 aromatic rings. The minimum Gasteiger partial charge on any atom is -0.366 e. The van der Waals surface area contributed by atoms with Gasteiger partial charge in [-0.2, -0.15) is 0 Å². The molecule has 4 heterocycles. The van der Waals surface area contributed by atoms with Crippen LogP contribution in [0.4, 0.5) is 5.82 Å². The lowest BCUT2D eigenvalue weighted by Crippen LogP contribution is -2.12. The van der Waals surface area contributed by atoms with Crippen LogP contribution < -0.4 is 10.9 Å². The van der Waals surface area contributed by atoms with Gasteiger partial charge in [-0.15, -0.1) is 0 Å². The summed E-state index contributed by atoms with van der Waals surface area (Å²) in [5, 5.41) is 5.31. The number of H-pyrrole nitrogens is 2. The Labute approximate surface area is 166 Å². The maximum Gasteiger partial charge on any atom is 0.256 e. The average molecular weight is 381 g/mol. The molecule has 0 radical (unpaired) electrons. The van der Waals surface area contributed by atoms with Crippen molar-refractivity contribution in [2.45, 2.75) is 13.5 Å². The average Bonchev–Trinajstić information content (AvgIpc) is 3.22. The molecule has 0 saturated carbocycles. The first-order valence-electron chi connectivity index (χ1n) is 9.43. The minimum atomic E-state index is -0.102. The molecule has 0 amide bonds.